The summed E-state index contributed by atoms with van der Waals surface area (Å²) in [5.41, 5.74) is 4.44. The Morgan fingerprint density at radius 2 is 1.68 bits per heavy atom. The highest BCUT2D eigenvalue weighted by Gasteiger charge is 2.45. The fourth-order valence-electron chi connectivity index (χ4n) is 4.44. The van der Waals surface area contributed by atoms with Crippen molar-refractivity contribution in [3.8, 4) is 0 Å². The summed E-state index contributed by atoms with van der Waals surface area (Å²) in [5, 5.41) is 4.32. The van der Waals surface area contributed by atoms with E-state index in [1.54, 1.807) is 42.5 Å². The SMILES string of the molecule is O=C1c2ccccc2N(NC2CCCCC2)C(=O)C1C1=NS(=O)(=O)c2ccccc2N1. The van der Waals surface area contributed by atoms with Gasteiger partial charge in [0.2, 0.25) is 0 Å². The van der Waals surface area contributed by atoms with Crippen molar-refractivity contribution in [2.24, 2.45) is 10.3 Å². The first-order valence-corrected chi connectivity index (χ1v) is 11.8. The Morgan fingerprint density at radius 1 is 0.968 bits per heavy atom. The normalized spacial score (nSPS) is 22.9. The van der Waals surface area contributed by atoms with Crippen LogP contribution in [0.2, 0.25) is 0 Å². The van der Waals surface area contributed by atoms with Crippen LogP contribution < -0.4 is 15.8 Å². The zero-order valence-electron chi connectivity index (χ0n) is 16.7. The maximum absolute atomic E-state index is 13.5. The Kier molecular flexibility index (Phi) is 4.86. The standard InChI is InChI=1S/C22H22N4O4S/c27-20-15-10-4-6-12-17(15)26(24-14-8-2-1-3-9-14)22(28)19(20)21-23-16-11-5-7-13-18(16)31(29,30)25-21/h4-7,10-14,19,24H,1-3,8-9H2,(H,23,25). The smallest absolute Gasteiger partial charge is 0.286 e. The molecule has 2 heterocycles. The highest BCUT2D eigenvalue weighted by atomic mass is 32.2. The summed E-state index contributed by atoms with van der Waals surface area (Å²) < 4.78 is 29.2. The van der Waals surface area contributed by atoms with Crippen LogP contribution in [0.15, 0.2) is 57.8 Å². The number of nitrogens with one attached hydrogen (secondary N) is 2. The largest absolute Gasteiger partial charge is 0.341 e. The number of fused-ring (bicyclic) bond motifs is 2. The third-order valence-electron chi connectivity index (χ3n) is 5.98. The molecular weight excluding hydrogens is 416 g/mol. The van der Waals surface area contributed by atoms with Crippen molar-refractivity contribution >= 4 is 38.9 Å². The van der Waals surface area contributed by atoms with Gasteiger partial charge in [0.25, 0.3) is 15.9 Å². The minimum Gasteiger partial charge on any atom is -0.341 e. The molecule has 2 aromatic rings. The number of rotatable bonds is 3. The van der Waals surface area contributed by atoms with Gasteiger partial charge in [0.1, 0.15) is 10.7 Å². The molecule has 1 aliphatic carbocycles. The summed E-state index contributed by atoms with van der Waals surface area (Å²) in [7, 11) is -4.03. The quantitative estimate of drug-likeness (QED) is 0.714. The number of hydrogen-bond acceptors (Lipinski definition) is 6. The molecule has 0 bridgehead atoms. The van der Waals surface area contributed by atoms with Gasteiger partial charge in [0.15, 0.2) is 11.7 Å². The molecule has 160 valence electrons. The number of nitrogens with zero attached hydrogens (tertiary/aromatic N) is 2. The number of carbonyl (C=O) groups is 2. The van der Waals surface area contributed by atoms with Gasteiger partial charge in [-0.1, -0.05) is 43.5 Å². The highest BCUT2D eigenvalue weighted by molar-refractivity contribution is 7.90. The van der Waals surface area contributed by atoms with Crippen LogP contribution in [0.4, 0.5) is 11.4 Å². The molecule has 2 aliphatic heterocycles. The lowest BCUT2D eigenvalue weighted by molar-refractivity contribution is -0.120. The lowest BCUT2D eigenvalue weighted by Gasteiger charge is -2.37. The van der Waals surface area contributed by atoms with E-state index in [1.807, 2.05) is 0 Å². The first-order chi connectivity index (χ1) is 15.0. The number of Topliss-reactive ketones (excluding diaryl/α,β-unsaturated/α-hetero) is 1. The van der Waals surface area contributed by atoms with Crippen LogP contribution in [0.3, 0.4) is 0 Å². The van der Waals surface area contributed by atoms with E-state index in [2.05, 4.69) is 15.1 Å². The number of carbonyl (C=O) groups excluding carboxylic acids is 2. The van der Waals surface area contributed by atoms with Gasteiger partial charge >= 0.3 is 0 Å². The molecule has 5 rings (SSSR count). The van der Waals surface area contributed by atoms with E-state index in [1.165, 1.54) is 17.5 Å². The Bertz CT molecular complexity index is 1200. The van der Waals surface area contributed by atoms with Crippen LogP contribution in [0.5, 0.6) is 0 Å². The topological polar surface area (TPSA) is 108 Å². The van der Waals surface area contributed by atoms with Gasteiger partial charge in [-0.25, -0.2) is 10.4 Å². The van der Waals surface area contributed by atoms with E-state index in [0.29, 0.717) is 16.9 Å². The number of amidine groups is 1. The highest BCUT2D eigenvalue weighted by Crippen LogP contribution is 2.34. The number of para-hydroxylation sites is 2. The number of amides is 1. The lowest BCUT2D eigenvalue weighted by Crippen LogP contribution is -2.57. The second-order valence-corrected chi connectivity index (χ2v) is 9.60. The molecule has 1 amide bonds. The van der Waals surface area contributed by atoms with Crippen molar-refractivity contribution in [2.45, 2.75) is 43.0 Å². The van der Waals surface area contributed by atoms with Gasteiger partial charge in [-0.05, 0) is 37.1 Å². The molecule has 1 atom stereocenters. The molecule has 1 saturated carbocycles. The molecule has 2 aromatic carbocycles. The first-order valence-electron chi connectivity index (χ1n) is 10.4. The number of sulfonamides is 1. The van der Waals surface area contributed by atoms with Crippen molar-refractivity contribution in [3.05, 3.63) is 54.1 Å². The first kappa shape index (κ1) is 19.9. The van der Waals surface area contributed by atoms with Gasteiger partial charge in [-0.15, -0.1) is 4.40 Å². The van der Waals surface area contributed by atoms with Crippen molar-refractivity contribution in [2.75, 3.05) is 10.3 Å². The van der Waals surface area contributed by atoms with Crippen LogP contribution in [0.1, 0.15) is 42.5 Å². The molecule has 31 heavy (non-hydrogen) atoms. The van der Waals surface area contributed by atoms with Crippen molar-refractivity contribution in [1.82, 2.24) is 5.43 Å². The minimum absolute atomic E-state index is 0.0204. The number of anilines is 2. The maximum Gasteiger partial charge on any atom is 0.286 e. The predicted octanol–water partition coefficient (Wildman–Crippen LogP) is 2.88. The summed E-state index contributed by atoms with van der Waals surface area (Å²) in [6, 6.07) is 13.3. The van der Waals surface area contributed by atoms with E-state index >= 15 is 0 Å². The third-order valence-corrected chi connectivity index (χ3v) is 7.33. The fourth-order valence-corrected chi connectivity index (χ4v) is 5.60. The van der Waals surface area contributed by atoms with Gasteiger partial charge in [-0.3, -0.25) is 9.59 Å². The second kappa shape index (κ2) is 7.58. The molecular formula is C22H22N4O4S. The summed E-state index contributed by atoms with van der Waals surface area (Å²) in [6.45, 7) is 0. The molecule has 3 aliphatic rings. The Hall–Kier alpha value is -3.04. The molecule has 0 aromatic heterocycles. The predicted molar refractivity (Wildman–Crippen MR) is 116 cm³/mol. The van der Waals surface area contributed by atoms with E-state index in [9.17, 15) is 18.0 Å². The van der Waals surface area contributed by atoms with Gasteiger partial charge in [0.05, 0.1) is 11.4 Å². The molecule has 0 saturated heterocycles. The Labute approximate surface area is 180 Å². The van der Waals surface area contributed by atoms with E-state index < -0.39 is 27.6 Å². The van der Waals surface area contributed by atoms with Gasteiger partial charge < -0.3 is 5.32 Å². The summed E-state index contributed by atoms with van der Waals surface area (Å²) in [6.07, 6.45) is 5.19. The Balaban J connectivity index is 1.56. The van der Waals surface area contributed by atoms with Crippen molar-refractivity contribution in [3.63, 3.8) is 0 Å². The average Bonchev–Trinajstić information content (AvgIpc) is 2.77. The van der Waals surface area contributed by atoms with Crippen LogP contribution in [-0.2, 0) is 14.8 Å². The van der Waals surface area contributed by atoms with Crippen molar-refractivity contribution in [1.29, 1.82) is 0 Å². The monoisotopic (exact) mass is 438 g/mol. The van der Waals surface area contributed by atoms with Crippen LogP contribution in [-0.4, -0.2) is 32.0 Å². The molecule has 8 nitrogen and oxygen atoms in total. The van der Waals surface area contributed by atoms with Crippen LogP contribution in [0, 0.1) is 5.92 Å². The number of benzene rings is 2. The molecule has 0 radical (unpaired) electrons. The van der Waals surface area contributed by atoms with Crippen LogP contribution in [0.25, 0.3) is 0 Å². The summed E-state index contributed by atoms with van der Waals surface area (Å²) in [5.74, 6) is -2.54. The van der Waals surface area contributed by atoms with E-state index in [-0.39, 0.29) is 16.8 Å². The zero-order chi connectivity index (χ0) is 21.6. The number of hydrogen-bond donors (Lipinski definition) is 2. The molecule has 9 heteroatoms. The van der Waals surface area contributed by atoms with Gasteiger partial charge in [-0.2, -0.15) is 8.42 Å². The van der Waals surface area contributed by atoms with Crippen LogP contribution >= 0.6 is 0 Å². The fraction of sp³-hybridized carbons (Fsp3) is 0.318. The Morgan fingerprint density at radius 3 is 2.48 bits per heavy atom. The van der Waals surface area contributed by atoms with E-state index in [0.717, 1.165) is 25.7 Å². The van der Waals surface area contributed by atoms with Crippen molar-refractivity contribution < 1.29 is 18.0 Å². The maximum atomic E-state index is 13.5. The minimum atomic E-state index is -4.03. The summed E-state index contributed by atoms with van der Waals surface area (Å²) in [4.78, 5) is 26.8. The third kappa shape index (κ3) is 3.43. The second-order valence-electron chi connectivity index (χ2n) is 8.02. The van der Waals surface area contributed by atoms with E-state index in [4.69, 9.17) is 0 Å². The number of hydrazine groups is 1. The molecule has 0 spiro atoms. The number of ketones is 1. The lowest BCUT2D eigenvalue weighted by atomic mass is 9.89. The molecule has 1 fully saturated rings. The summed E-state index contributed by atoms with van der Waals surface area (Å²) >= 11 is 0. The van der Waals surface area contributed by atoms with Gasteiger partial charge in [0, 0.05) is 11.6 Å². The average molecular weight is 439 g/mol. The molecule has 2 N–H and O–H groups in total. The molecule has 1 unspecified atom stereocenters. The zero-order valence-corrected chi connectivity index (χ0v) is 17.6.